The number of rotatable bonds is 4. The Labute approximate surface area is 162 Å². The first kappa shape index (κ1) is 18.5. The molecule has 0 amide bonds. The van der Waals surface area contributed by atoms with Crippen LogP contribution >= 0.6 is 15.9 Å². The number of anilines is 2. The molecule has 136 valence electrons. The molecule has 0 saturated heterocycles. The normalized spacial score (nSPS) is 19.0. The molecule has 0 spiro atoms. The number of nitrogens with zero attached hydrogens (tertiary/aromatic N) is 2. The lowest BCUT2D eigenvalue weighted by Crippen LogP contribution is -2.14. The summed E-state index contributed by atoms with van der Waals surface area (Å²) in [5, 5.41) is 4.10. The maximum absolute atomic E-state index is 6.11. The molecule has 3 N–H and O–H groups in total. The largest absolute Gasteiger partial charge is 0.496 e. The summed E-state index contributed by atoms with van der Waals surface area (Å²) < 4.78 is 6.51. The van der Waals surface area contributed by atoms with E-state index in [4.69, 9.17) is 10.5 Å². The van der Waals surface area contributed by atoms with E-state index in [1.165, 1.54) is 11.1 Å². The van der Waals surface area contributed by atoms with Gasteiger partial charge >= 0.3 is 0 Å². The second kappa shape index (κ2) is 7.50. The zero-order valence-corrected chi connectivity index (χ0v) is 17.0. The van der Waals surface area contributed by atoms with Gasteiger partial charge in [-0.3, -0.25) is 0 Å². The molecule has 26 heavy (non-hydrogen) atoms. The summed E-state index contributed by atoms with van der Waals surface area (Å²) in [6.07, 6.45) is 5.13. The highest BCUT2D eigenvalue weighted by molar-refractivity contribution is 9.10. The molecule has 1 aromatic carbocycles. The summed E-state index contributed by atoms with van der Waals surface area (Å²) >= 11 is 3.53. The van der Waals surface area contributed by atoms with E-state index in [2.05, 4.69) is 58.1 Å². The van der Waals surface area contributed by atoms with Gasteiger partial charge in [-0.2, -0.15) is 4.98 Å². The van der Waals surface area contributed by atoms with E-state index in [1.807, 2.05) is 24.3 Å². The Morgan fingerprint density at radius 1 is 1.35 bits per heavy atom. The van der Waals surface area contributed by atoms with Crippen molar-refractivity contribution < 1.29 is 4.74 Å². The number of allylic oxidation sites excluding steroid dienone is 4. The number of nitrogen functional groups attached to an aromatic ring is 1. The van der Waals surface area contributed by atoms with Crippen LogP contribution in [0.25, 0.3) is 10.9 Å². The van der Waals surface area contributed by atoms with E-state index in [0.717, 1.165) is 33.3 Å². The van der Waals surface area contributed by atoms with Gasteiger partial charge in [0.25, 0.3) is 0 Å². The molecule has 1 aromatic heterocycles. The van der Waals surface area contributed by atoms with E-state index < -0.39 is 0 Å². The lowest BCUT2D eigenvalue weighted by molar-refractivity contribution is 0.293. The molecule has 5 nitrogen and oxygen atoms in total. The maximum atomic E-state index is 6.11. The minimum Gasteiger partial charge on any atom is -0.496 e. The van der Waals surface area contributed by atoms with E-state index in [1.54, 1.807) is 7.11 Å². The zero-order chi connectivity index (χ0) is 18.8. The molecule has 0 fully saturated rings. The lowest BCUT2D eigenvalue weighted by Gasteiger charge is -2.24. The van der Waals surface area contributed by atoms with Crippen LogP contribution in [0.1, 0.15) is 27.2 Å². The van der Waals surface area contributed by atoms with Gasteiger partial charge < -0.3 is 15.8 Å². The van der Waals surface area contributed by atoms with Crippen LogP contribution < -0.4 is 11.1 Å². The van der Waals surface area contributed by atoms with Gasteiger partial charge in [-0.05, 0) is 47.0 Å². The number of methoxy groups -OCH3 is 1. The van der Waals surface area contributed by atoms with Crippen molar-refractivity contribution in [2.24, 2.45) is 5.92 Å². The van der Waals surface area contributed by atoms with Gasteiger partial charge in [-0.25, -0.2) is 4.98 Å². The number of para-hydroxylation sites is 1. The van der Waals surface area contributed by atoms with E-state index in [0.29, 0.717) is 11.8 Å². The van der Waals surface area contributed by atoms with Crippen molar-refractivity contribution in [2.45, 2.75) is 27.2 Å². The van der Waals surface area contributed by atoms with Gasteiger partial charge in [0.05, 0.1) is 12.6 Å². The fraction of sp³-hybridized carbons (Fsp3) is 0.300. The molecule has 0 radical (unpaired) electrons. The molecule has 1 heterocycles. The molecular formula is C20H23BrN4O. The first-order chi connectivity index (χ1) is 12.4. The number of benzene rings is 1. The minimum atomic E-state index is 0.238. The predicted molar refractivity (Wildman–Crippen MR) is 111 cm³/mol. The van der Waals surface area contributed by atoms with Gasteiger partial charge in [-0.15, -0.1) is 0 Å². The number of halogens is 1. The first-order valence-electron chi connectivity index (χ1n) is 8.60. The number of hydrogen-bond donors (Lipinski definition) is 2. The highest BCUT2D eigenvalue weighted by atomic mass is 79.9. The zero-order valence-electron chi connectivity index (χ0n) is 15.4. The standard InChI is InChI=1S/C20H23BrN4O/c1-5-11(2)17-12(3)9-13(10-16(17)26-4)23-20-24-18-14(19(22)25-20)7-6-8-15(18)21/h6-10,12H,5H2,1-4H3,(H3,22,23,24,25)/b17-11-. The highest BCUT2D eigenvalue weighted by Gasteiger charge is 2.21. The quantitative estimate of drug-likeness (QED) is 0.720. The van der Waals surface area contributed by atoms with Crippen LogP contribution in [0.15, 0.2) is 57.4 Å². The van der Waals surface area contributed by atoms with E-state index in [9.17, 15) is 0 Å². The van der Waals surface area contributed by atoms with Crippen molar-refractivity contribution >= 4 is 38.6 Å². The summed E-state index contributed by atoms with van der Waals surface area (Å²) in [6.45, 7) is 6.47. The Balaban J connectivity index is 1.98. The molecule has 0 aliphatic heterocycles. The van der Waals surface area contributed by atoms with Crippen molar-refractivity contribution in [3.63, 3.8) is 0 Å². The van der Waals surface area contributed by atoms with Crippen molar-refractivity contribution in [3.8, 4) is 0 Å². The second-order valence-corrected chi connectivity index (χ2v) is 7.22. The number of nitrogens with two attached hydrogens (primary N) is 1. The Hall–Kier alpha value is -2.34. The van der Waals surface area contributed by atoms with Crippen molar-refractivity contribution in [1.29, 1.82) is 0 Å². The van der Waals surface area contributed by atoms with Gasteiger partial charge in [0.15, 0.2) is 0 Å². The fourth-order valence-corrected chi connectivity index (χ4v) is 3.66. The van der Waals surface area contributed by atoms with Crippen LogP contribution in [0, 0.1) is 5.92 Å². The van der Waals surface area contributed by atoms with Crippen molar-refractivity contribution in [1.82, 2.24) is 9.97 Å². The van der Waals surface area contributed by atoms with Crippen LogP contribution in [-0.2, 0) is 4.74 Å². The van der Waals surface area contributed by atoms with Crippen molar-refractivity contribution in [2.75, 3.05) is 18.2 Å². The summed E-state index contributed by atoms with van der Waals surface area (Å²) in [4.78, 5) is 9.00. The lowest BCUT2D eigenvalue weighted by atomic mass is 9.88. The SMILES string of the molecule is CC/C(C)=C1\C(OC)=CC(Nc2nc(N)c3cccc(Br)c3n2)=CC1C. The third-order valence-corrected chi connectivity index (χ3v) is 5.25. The number of aromatic nitrogens is 2. The molecule has 0 bridgehead atoms. The Morgan fingerprint density at radius 3 is 2.81 bits per heavy atom. The molecule has 1 aliphatic carbocycles. The number of fused-ring (bicyclic) bond motifs is 1. The number of nitrogens with one attached hydrogen (secondary N) is 1. The van der Waals surface area contributed by atoms with E-state index >= 15 is 0 Å². The second-order valence-electron chi connectivity index (χ2n) is 6.36. The Morgan fingerprint density at radius 2 is 2.12 bits per heavy atom. The maximum Gasteiger partial charge on any atom is 0.229 e. The van der Waals surface area contributed by atoms with Crippen LogP contribution in [0.5, 0.6) is 0 Å². The monoisotopic (exact) mass is 414 g/mol. The molecule has 1 aliphatic rings. The van der Waals surface area contributed by atoms with Gasteiger partial charge in [0.1, 0.15) is 11.6 Å². The Kier molecular flexibility index (Phi) is 5.32. The number of hydrogen-bond acceptors (Lipinski definition) is 5. The molecule has 1 unspecified atom stereocenters. The predicted octanol–water partition coefficient (Wildman–Crippen LogP) is 5.18. The van der Waals surface area contributed by atoms with Crippen LogP contribution in [0.2, 0.25) is 0 Å². The molecule has 2 aromatic rings. The van der Waals surface area contributed by atoms with Crippen LogP contribution in [-0.4, -0.2) is 17.1 Å². The van der Waals surface area contributed by atoms with Crippen molar-refractivity contribution in [3.05, 3.63) is 57.4 Å². The van der Waals surface area contributed by atoms with Gasteiger partial charge in [-0.1, -0.05) is 31.6 Å². The Bertz CT molecular complexity index is 946. The third kappa shape index (κ3) is 3.46. The van der Waals surface area contributed by atoms with Crippen LogP contribution in [0.3, 0.4) is 0 Å². The van der Waals surface area contributed by atoms with E-state index in [-0.39, 0.29) is 5.92 Å². The molecular weight excluding hydrogens is 392 g/mol. The smallest absolute Gasteiger partial charge is 0.229 e. The first-order valence-corrected chi connectivity index (χ1v) is 9.40. The topological polar surface area (TPSA) is 73.1 Å². The summed E-state index contributed by atoms with van der Waals surface area (Å²) in [6, 6.07) is 5.77. The van der Waals surface area contributed by atoms with Crippen LogP contribution in [0.4, 0.5) is 11.8 Å². The molecule has 6 heteroatoms. The number of ether oxygens (including phenoxy) is 1. The highest BCUT2D eigenvalue weighted by Crippen LogP contribution is 2.33. The van der Waals surface area contributed by atoms with Gasteiger partial charge in [0.2, 0.25) is 5.95 Å². The van der Waals surface area contributed by atoms with Gasteiger partial charge in [0, 0.05) is 27.5 Å². The molecule has 3 rings (SSSR count). The summed E-state index contributed by atoms with van der Waals surface area (Å²) in [7, 11) is 1.70. The molecule has 0 saturated carbocycles. The fourth-order valence-electron chi connectivity index (χ4n) is 3.21. The average molecular weight is 415 g/mol. The average Bonchev–Trinajstić information content (AvgIpc) is 2.61. The molecule has 1 atom stereocenters. The third-order valence-electron chi connectivity index (χ3n) is 4.61. The summed E-state index contributed by atoms with van der Waals surface area (Å²) in [5.74, 6) is 2.02. The minimum absolute atomic E-state index is 0.238. The summed E-state index contributed by atoms with van der Waals surface area (Å²) in [5.41, 5.74) is 10.4.